The summed E-state index contributed by atoms with van der Waals surface area (Å²) in [4.78, 5) is 24.0. The molecule has 0 atom stereocenters. The largest absolute Gasteiger partial charge is 0.265 e. The lowest BCUT2D eigenvalue weighted by Crippen LogP contribution is -1.90. The fourth-order valence-electron chi connectivity index (χ4n) is 3.54. The predicted octanol–water partition coefficient (Wildman–Crippen LogP) is 10.4. The average Bonchev–Trinajstić information content (AvgIpc) is 3.08. The summed E-state index contributed by atoms with van der Waals surface area (Å²) in [5.41, 5.74) is 6.22. The first-order valence-corrected chi connectivity index (χ1v) is 15.9. The molecular weight excluding hydrogens is 552 g/mol. The molecule has 0 aliphatic carbocycles. The molecule has 0 aliphatic rings. The van der Waals surface area contributed by atoms with Gasteiger partial charge in [-0.15, -0.1) is 0 Å². The van der Waals surface area contributed by atoms with Crippen molar-refractivity contribution in [2.45, 2.75) is 98.8 Å². The lowest BCUT2D eigenvalue weighted by atomic mass is 10.1. The van der Waals surface area contributed by atoms with Crippen LogP contribution in [0.3, 0.4) is 0 Å². The zero-order valence-corrected chi connectivity index (χ0v) is 29.0. The minimum Gasteiger partial charge on any atom is -0.265 e. The number of nitrogens with zero attached hydrogens (tertiary/aromatic N) is 6. The van der Waals surface area contributed by atoms with Crippen LogP contribution in [0.4, 0.5) is 0 Å². The Hall–Kier alpha value is -4.32. The molecule has 0 fully saturated rings. The smallest absolute Gasteiger partial charge is 0.115 e. The van der Waals surface area contributed by atoms with E-state index in [-0.39, 0.29) is 0 Å². The molecule has 0 saturated heterocycles. The normalized spacial score (nSPS) is 10.1. The van der Waals surface area contributed by atoms with Gasteiger partial charge in [0, 0.05) is 61.0 Å². The highest BCUT2D eigenvalue weighted by Gasteiger charge is 1.97. The van der Waals surface area contributed by atoms with Crippen LogP contribution in [-0.4, -0.2) is 29.9 Å². The molecular formula is C39H54N6. The van der Waals surface area contributed by atoms with Crippen molar-refractivity contribution in [3.05, 3.63) is 145 Å². The van der Waals surface area contributed by atoms with Gasteiger partial charge in [-0.3, -0.25) is 19.9 Å². The van der Waals surface area contributed by atoms with Gasteiger partial charge in [0.2, 0.25) is 0 Å². The predicted molar refractivity (Wildman–Crippen MR) is 189 cm³/mol. The second-order valence-electron chi connectivity index (χ2n) is 12.0. The zero-order valence-electron chi connectivity index (χ0n) is 29.0. The third-order valence-electron chi connectivity index (χ3n) is 6.55. The molecule has 6 heteroatoms. The first kappa shape index (κ1) is 38.7. The van der Waals surface area contributed by atoms with E-state index in [0.717, 1.165) is 11.4 Å². The van der Waals surface area contributed by atoms with Gasteiger partial charge in [0.1, 0.15) is 6.33 Å². The van der Waals surface area contributed by atoms with Gasteiger partial charge in [-0.05, 0) is 88.7 Å². The zero-order chi connectivity index (χ0) is 33.5. The summed E-state index contributed by atoms with van der Waals surface area (Å²) in [5, 5.41) is 0. The van der Waals surface area contributed by atoms with Gasteiger partial charge >= 0.3 is 0 Å². The maximum absolute atomic E-state index is 4.18. The first-order chi connectivity index (χ1) is 21.5. The third kappa shape index (κ3) is 18.2. The van der Waals surface area contributed by atoms with Gasteiger partial charge < -0.3 is 0 Å². The van der Waals surface area contributed by atoms with Crippen molar-refractivity contribution < 1.29 is 0 Å². The summed E-state index contributed by atoms with van der Waals surface area (Å²) in [7, 11) is 0. The van der Waals surface area contributed by atoms with Crippen LogP contribution >= 0.6 is 0 Å². The van der Waals surface area contributed by atoms with Crippen molar-refractivity contribution in [3.8, 4) is 0 Å². The summed E-state index contributed by atoms with van der Waals surface area (Å²) < 4.78 is 0. The molecule has 0 amide bonds. The van der Waals surface area contributed by atoms with E-state index in [4.69, 9.17) is 0 Å². The molecule has 0 bridgehead atoms. The van der Waals surface area contributed by atoms with Gasteiger partial charge in [-0.2, -0.15) is 0 Å². The molecule has 45 heavy (non-hydrogen) atoms. The van der Waals surface area contributed by atoms with E-state index in [9.17, 15) is 0 Å². The minimum absolute atomic E-state index is 0.507. The first-order valence-electron chi connectivity index (χ1n) is 15.9. The molecule has 5 aromatic rings. The molecule has 240 valence electrons. The lowest BCUT2D eigenvalue weighted by Gasteiger charge is -2.01. The fraction of sp³-hybridized carbons (Fsp3) is 0.385. The van der Waals surface area contributed by atoms with Gasteiger partial charge in [-0.25, -0.2) is 9.97 Å². The van der Waals surface area contributed by atoms with Crippen LogP contribution in [0.1, 0.15) is 127 Å². The quantitative estimate of drug-likeness (QED) is 0.198. The van der Waals surface area contributed by atoms with Crippen LogP contribution < -0.4 is 0 Å². The Balaban J connectivity index is 0.000000281. The molecule has 0 aromatic carbocycles. The van der Waals surface area contributed by atoms with Gasteiger partial charge in [-0.1, -0.05) is 87.4 Å². The van der Waals surface area contributed by atoms with E-state index in [1.807, 2.05) is 79.5 Å². The van der Waals surface area contributed by atoms with E-state index < -0.39 is 0 Å². The van der Waals surface area contributed by atoms with Crippen LogP contribution in [0.2, 0.25) is 0 Å². The Morgan fingerprint density at radius 2 is 0.844 bits per heavy atom. The van der Waals surface area contributed by atoms with Gasteiger partial charge in [0.05, 0.1) is 0 Å². The van der Waals surface area contributed by atoms with E-state index in [1.165, 1.54) is 16.7 Å². The highest BCUT2D eigenvalue weighted by molar-refractivity contribution is 5.14. The summed E-state index contributed by atoms with van der Waals surface area (Å²) in [6.07, 6.45) is 16.2. The molecule has 0 aliphatic heterocycles. The molecule has 5 rings (SSSR count). The highest BCUT2D eigenvalue weighted by Crippen LogP contribution is 2.12. The molecule has 6 nitrogen and oxygen atoms in total. The topological polar surface area (TPSA) is 77.3 Å². The van der Waals surface area contributed by atoms with Gasteiger partial charge in [0.15, 0.2) is 0 Å². The Labute approximate surface area is 272 Å². The third-order valence-corrected chi connectivity index (χ3v) is 6.55. The summed E-state index contributed by atoms with van der Waals surface area (Å²) in [6.45, 7) is 21.5. The van der Waals surface area contributed by atoms with Crippen molar-refractivity contribution in [3.63, 3.8) is 0 Å². The SMILES string of the molecule is CC(C)c1ccccn1.CC(C)c1cccnc1.CC(C)c1cccnc1.CC(C)c1ccncc1.CC(C)c1ccncn1. The van der Waals surface area contributed by atoms with Crippen LogP contribution in [0.25, 0.3) is 0 Å². The number of rotatable bonds is 5. The standard InChI is InChI=1S/4C8H11N.C7H10N2/c1-7(2)8-3-5-9-6-4-8;2*1-7(2)8-4-3-5-9-6-8;1-7(2)8-5-3-4-6-9-8;1-6(2)7-3-4-8-5-9-7/h4*3-7H,1-2H3;3-6H,1-2H3. The average molecular weight is 607 g/mol. The molecule has 0 saturated carbocycles. The van der Waals surface area contributed by atoms with Crippen LogP contribution in [0.15, 0.2) is 117 Å². The van der Waals surface area contributed by atoms with E-state index in [0.29, 0.717) is 29.6 Å². The molecule has 5 aromatic heterocycles. The van der Waals surface area contributed by atoms with Crippen molar-refractivity contribution in [1.82, 2.24) is 29.9 Å². The van der Waals surface area contributed by atoms with Gasteiger partial charge in [0.25, 0.3) is 0 Å². The number of aromatic nitrogens is 6. The van der Waals surface area contributed by atoms with E-state index in [1.54, 1.807) is 24.9 Å². The van der Waals surface area contributed by atoms with E-state index in [2.05, 4.69) is 111 Å². The van der Waals surface area contributed by atoms with Crippen molar-refractivity contribution in [1.29, 1.82) is 0 Å². The minimum atomic E-state index is 0.507. The van der Waals surface area contributed by atoms with Crippen molar-refractivity contribution >= 4 is 0 Å². The molecule has 0 unspecified atom stereocenters. The summed E-state index contributed by atoms with van der Waals surface area (Å²) in [6, 6.07) is 20.2. The Morgan fingerprint density at radius 3 is 1.11 bits per heavy atom. The van der Waals surface area contributed by atoms with Crippen molar-refractivity contribution in [2.24, 2.45) is 0 Å². The van der Waals surface area contributed by atoms with Crippen LogP contribution in [0, 0.1) is 0 Å². The van der Waals surface area contributed by atoms with Crippen LogP contribution in [-0.2, 0) is 0 Å². The van der Waals surface area contributed by atoms with Crippen molar-refractivity contribution in [2.75, 3.05) is 0 Å². The number of pyridine rings is 4. The second kappa shape index (κ2) is 23.1. The molecule has 0 spiro atoms. The fourth-order valence-corrected chi connectivity index (χ4v) is 3.54. The molecule has 0 N–H and O–H groups in total. The summed E-state index contributed by atoms with van der Waals surface area (Å²) >= 11 is 0. The maximum atomic E-state index is 4.18. The number of hydrogen-bond acceptors (Lipinski definition) is 6. The van der Waals surface area contributed by atoms with Crippen LogP contribution in [0.5, 0.6) is 0 Å². The maximum Gasteiger partial charge on any atom is 0.115 e. The monoisotopic (exact) mass is 606 g/mol. The number of hydrogen-bond donors (Lipinski definition) is 0. The Bertz CT molecular complexity index is 1090. The Kier molecular flexibility index (Phi) is 19.9. The Morgan fingerprint density at radius 1 is 0.356 bits per heavy atom. The second-order valence-corrected chi connectivity index (χ2v) is 12.0. The molecule has 5 heterocycles. The highest BCUT2D eigenvalue weighted by atomic mass is 14.8. The molecule has 0 radical (unpaired) electrons. The lowest BCUT2D eigenvalue weighted by molar-refractivity contribution is 0.814. The summed E-state index contributed by atoms with van der Waals surface area (Å²) in [5.74, 6) is 2.87. The van der Waals surface area contributed by atoms with E-state index >= 15 is 0 Å².